The van der Waals surface area contributed by atoms with Crippen LogP contribution < -0.4 is 10.1 Å². The SMILES string of the molecule is COc1cc([N+](=O)[O-])c(C(=O)Nc2ccccc2O)c([N+](=O)[O-])c1. The zero-order chi connectivity index (χ0) is 17.9. The maximum atomic E-state index is 12.3. The molecule has 0 aliphatic rings. The fourth-order valence-corrected chi connectivity index (χ4v) is 1.99. The molecule has 10 heteroatoms. The van der Waals surface area contributed by atoms with Gasteiger partial charge in [0.2, 0.25) is 0 Å². The number of aromatic hydroxyl groups is 1. The van der Waals surface area contributed by atoms with Crippen LogP contribution in [0.4, 0.5) is 17.1 Å². The first kappa shape index (κ1) is 16.7. The monoisotopic (exact) mass is 333 g/mol. The molecule has 124 valence electrons. The van der Waals surface area contributed by atoms with Crippen LogP contribution in [-0.2, 0) is 0 Å². The summed E-state index contributed by atoms with van der Waals surface area (Å²) in [4.78, 5) is 32.9. The number of nitro groups is 2. The third-order valence-corrected chi connectivity index (χ3v) is 3.08. The van der Waals surface area contributed by atoms with Gasteiger partial charge in [-0.05, 0) is 12.1 Å². The number of ether oxygens (including phenoxy) is 1. The van der Waals surface area contributed by atoms with E-state index in [1.807, 2.05) is 0 Å². The molecule has 0 aliphatic heterocycles. The number of anilines is 1. The van der Waals surface area contributed by atoms with Crippen LogP contribution in [0.3, 0.4) is 0 Å². The lowest BCUT2D eigenvalue weighted by Gasteiger charge is -2.09. The van der Waals surface area contributed by atoms with Crippen LogP contribution in [0.5, 0.6) is 11.5 Å². The summed E-state index contributed by atoms with van der Waals surface area (Å²) in [6.45, 7) is 0. The highest BCUT2D eigenvalue weighted by Gasteiger charge is 2.32. The Kier molecular flexibility index (Phi) is 4.59. The predicted molar refractivity (Wildman–Crippen MR) is 82.4 cm³/mol. The summed E-state index contributed by atoms with van der Waals surface area (Å²) in [5.41, 5.74) is -2.35. The third-order valence-electron chi connectivity index (χ3n) is 3.08. The fourth-order valence-electron chi connectivity index (χ4n) is 1.99. The van der Waals surface area contributed by atoms with Gasteiger partial charge in [0.1, 0.15) is 11.5 Å². The van der Waals surface area contributed by atoms with Crippen molar-refractivity contribution in [3.63, 3.8) is 0 Å². The molecule has 1 amide bonds. The van der Waals surface area contributed by atoms with Crippen LogP contribution in [0.1, 0.15) is 10.4 Å². The van der Waals surface area contributed by atoms with E-state index in [0.29, 0.717) is 0 Å². The Morgan fingerprint density at radius 3 is 2.12 bits per heavy atom. The van der Waals surface area contributed by atoms with E-state index in [-0.39, 0.29) is 17.2 Å². The van der Waals surface area contributed by atoms with E-state index in [4.69, 9.17) is 4.74 Å². The van der Waals surface area contributed by atoms with E-state index < -0.39 is 32.7 Å². The lowest BCUT2D eigenvalue weighted by Crippen LogP contribution is -2.16. The van der Waals surface area contributed by atoms with E-state index in [2.05, 4.69) is 5.32 Å². The Balaban J connectivity index is 2.58. The van der Waals surface area contributed by atoms with E-state index >= 15 is 0 Å². The van der Waals surface area contributed by atoms with Crippen molar-refractivity contribution >= 4 is 23.0 Å². The Labute approximate surface area is 134 Å². The fraction of sp³-hybridized carbons (Fsp3) is 0.0714. The van der Waals surface area contributed by atoms with Crippen molar-refractivity contribution in [3.8, 4) is 11.5 Å². The Morgan fingerprint density at radius 1 is 1.12 bits per heavy atom. The number of para-hydroxylation sites is 2. The van der Waals surface area contributed by atoms with Crippen LogP contribution in [-0.4, -0.2) is 28.0 Å². The molecule has 0 heterocycles. The number of rotatable bonds is 5. The number of hydrogen-bond donors (Lipinski definition) is 2. The predicted octanol–water partition coefficient (Wildman–Crippen LogP) is 2.47. The standard InChI is InChI=1S/C14H11N3O7/c1-24-8-6-10(16(20)21)13(11(7-8)17(22)23)14(19)15-9-4-2-3-5-12(9)18/h2-7,18H,1H3,(H,15,19). The summed E-state index contributed by atoms with van der Waals surface area (Å²) in [6, 6.07) is 7.45. The van der Waals surface area contributed by atoms with Gasteiger partial charge in [0, 0.05) is 0 Å². The second-order valence-corrected chi connectivity index (χ2v) is 4.53. The van der Waals surface area contributed by atoms with E-state index in [1.54, 1.807) is 0 Å². The van der Waals surface area contributed by atoms with Crippen LogP contribution in [0.25, 0.3) is 0 Å². The molecule has 24 heavy (non-hydrogen) atoms. The number of carbonyl (C=O) groups excluding carboxylic acids is 1. The molecule has 10 nitrogen and oxygen atoms in total. The number of phenolic OH excluding ortho intramolecular Hbond substituents is 1. The van der Waals surface area contributed by atoms with Gasteiger partial charge < -0.3 is 15.2 Å². The Bertz CT molecular complexity index is 800. The lowest BCUT2D eigenvalue weighted by molar-refractivity contribution is -0.394. The minimum absolute atomic E-state index is 0.0399. The summed E-state index contributed by atoms with van der Waals surface area (Å²) in [6.07, 6.45) is 0. The molecular weight excluding hydrogens is 322 g/mol. The lowest BCUT2D eigenvalue weighted by atomic mass is 10.1. The maximum absolute atomic E-state index is 12.3. The second kappa shape index (κ2) is 6.60. The first-order valence-electron chi connectivity index (χ1n) is 6.45. The molecule has 0 unspecified atom stereocenters. The number of nitrogens with one attached hydrogen (secondary N) is 1. The van der Waals surface area contributed by atoms with Crippen LogP contribution in [0.15, 0.2) is 36.4 Å². The van der Waals surface area contributed by atoms with Gasteiger partial charge >= 0.3 is 0 Å². The Hall–Kier alpha value is -3.69. The number of methoxy groups -OCH3 is 1. The number of hydrogen-bond acceptors (Lipinski definition) is 7. The molecule has 0 spiro atoms. The largest absolute Gasteiger partial charge is 0.506 e. The highest BCUT2D eigenvalue weighted by molar-refractivity contribution is 6.10. The van der Waals surface area contributed by atoms with Crippen molar-refractivity contribution in [1.29, 1.82) is 0 Å². The van der Waals surface area contributed by atoms with Gasteiger partial charge in [-0.2, -0.15) is 0 Å². The summed E-state index contributed by atoms with van der Waals surface area (Å²) >= 11 is 0. The van der Waals surface area contributed by atoms with Crippen molar-refractivity contribution in [2.24, 2.45) is 0 Å². The van der Waals surface area contributed by atoms with Crippen LogP contribution in [0.2, 0.25) is 0 Å². The first-order valence-corrected chi connectivity index (χ1v) is 6.45. The first-order chi connectivity index (χ1) is 11.3. The quantitative estimate of drug-likeness (QED) is 0.485. The minimum Gasteiger partial charge on any atom is -0.506 e. The smallest absolute Gasteiger partial charge is 0.292 e. The number of carbonyl (C=O) groups is 1. The number of nitro benzene ring substituents is 2. The Morgan fingerprint density at radius 2 is 1.67 bits per heavy atom. The van der Waals surface area contributed by atoms with Crippen molar-refractivity contribution in [2.75, 3.05) is 12.4 Å². The molecule has 0 radical (unpaired) electrons. The van der Waals surface area contributed by atoms with Gasteiger partial charge in [-0.25, -0.2) is 0 Å². The highest BCUT2D eigenvalue weighted by atomic mass is 16.6. The third kappa shape index (κ3) is 3.21. The molecule has 0 bridgehead atoms. The molecule has 0 fully saturated rings. The van der Waals surface area contributed by atoms with Crippen LogP contribution in [0, 0.1) is 20.2 Å². The van der Waals surface area contributed by atoms with Crippen molar-refractivity contribution < 1.29 is 24.5 Å². The van der Waals surface area contributed by atoms with Crippen molar-refractivity contribution in [2.45, 2.75) is 0 Å². The summed E-state index contributed by atoms with van der Waals surface area (Å²) < 4.78 is 4.79. The maximum Gasteiger partial charge on any atom is 0.292 e. The van der Waals surface area contributed by atoms with Crippen LogP contribution >= 0.6 is 0 Å². The van der Waals surface area contributed by atoms with Gasteiger partial charge in [-0.3, -0.25) is 25.0 Å². The number of benzene rings is 2. The minimum atomic E-state index is -1.10. The molecule has 2 aromatic rings. The summed E-state index contributed by atoms with van der Waals surface area (Å²) in [5.74, 6) is -1.52. The van der Waals surface area contributed by atoms with Crippen molar-refractivity contribution in [3.05, 3.63) is 62.2 Å². The second-order valence-electron chi connectivity index (χ2n) is 4.53. The molecule has 0 aliphatic carbocycles. The molecule has 0 saturated carbocycles. The zero-order valence-electron chi connectivity index (χ0n) is 12.3. The average molecular weight is 333 g/mol. The average Bonchev–Trinajstić information content (AvgIpc) is 2.55. The van der Waals surface area contributed by atoms with Gasteiger partial charge in [-0.15, -0.1) is 0 Å². The van der Waals surface area contributed by atoms with Crippen molar-refractivity contribution in [1.82, 2.24) is 0 Å². The van der Waals surface area contributed by atoms with Gasteiger partial charge in [-0.1, -0.05) is 12.1 Å². The topological polar surface area (TPSA) is 145 Å². The molecule has 0 saturated heterocycles. The normalized spacial score (nSPS) is 10.0. The van der Waals surface area contributed by atoms with Gasteiger partial charge in [0.25, 0.3) is 17.3 Å². The number of phenols is 1. The summed E-state index contributed by atoms with van der Waals surface area (Å²) in [5, 5.41) is 34.2. The highest BCUT2D eigenvalue weighted by Crippen LogP contribution is 2.34. The zero-order valence-corrected chi connectivity index (χ0v) is 12.3. The molecule has 0 aromatic heterocycles. The van der Waals surface area contributed by atoms with Gasteiger partial charge in [0.05, 0.1) is 34.8 Å². The molecule has 0 atom stereocenters. The molecule has 2 aromatic carbocycles. The summed E-state index contributed by atoms with van der Waals surface area (Å²) in [7, 11) is 1.19. The van der Waals surface area contributed by atoms with Gasteiger partial charge in [0.15, 0.2) is 5.56 Å². The van der Waals surface area contributed by atoms with E-state index in [0.717, 1.165) is 12.1 Å². The molecule has 2 N–H and O–H groups in total. The van der Waals surface area contributed by atoms with E-state index in [1.165, 1.54) is 31.4 Å². The molecular formula is C14H11N3O7. The number of nitrogens with zero attached hydrogens (tertiary/aromatic N) is 2. The van der Waals surface area contributed by atoms with E-state index in [9.17, 15) is 30.1 Å². The number of amides is 1. The molecule has 2 rings (SSSR count).